The van der Waals surface area contributed by atoms with Crippen molar-refractivity contribution < 1.29 is 54.4 Å². The minimum absolute atomic E-state index is 0.155. The van der Waals surface area contributed by atoms with Crippen molar-refractivity contribution in [1.82, 2.24) is 0 Å². The number of ether oxygens (including phenoxy) is 6. The second-order valence-corrected chi connectivity index (χ2v) is 18.5. The van der Waals surface area contributed by atoms with Crippen molar-refractivity contribution in [2.75, 3.05) is 77.6 Å². The molecule has 0 aliphatic carbocycles. The van der Waals surface area contributed by atoms with E-state index >= 15 is 0 Å². The van der Waals surface area contributed by atoms with Crippen LogP contribution in [0.15, 0.2) is 0 Å². The maximum absolute atomic E-state index is 11.1. The van der Waals surface area contributed by atoms with Crippen molar-refractivity contribution in [2.24, 2.45) is 0 Å². The summed E-state index contributed by atoms with van der Waals surface area (Å²) in [6.45, 7) is 7.76. The van der Waals surface area contributed by atoms with E-state index in [0.29, 0.717) is 39.6 Å². The summed E-state index contributed by atoms with van der Waals surface area (Å²) in [5.41, 5.74) is 0. The van der Waals surface area contributed by atoms with Crippen LogP contribution in [0.4, 0.5) is 0 Å². The lowest BCUT2D eigenvalue weighted by Crippen LogP contribution is -2.29. The van der Waals surface area contributed by atoms with Gasteiger partial charge in [0.15, 0.2) is 0 Å². The average Bonchev–Trinajstić information content (AvgIpc) is 3.15. The van der Waals surface area contributed by atoms with E-state index in [1.165, 1.54) is 128 Å². The molecule has 2 unspecified atom stereocenters. The second-order valence-electron chi connectivity index (χ2n) is 15.3. The number of hydrogen-bond acceptors (Lipinski definition) is 10. The van der Waals surface area contributed by atoms with E-state index in [2.05, 4.69) is 13.8 Å². The fourth-order valence-corrected chi connectivity index (χ4v) is 7.30. The fraction of sp³-hybridized carbons (Fsp3) is 1.00. The van der Waals surface area contributed by atoms with Crippen LogP contribution in [-0.2, 0) is 48.7 Å². The Morgan fingerprint density at radius 3 is 0.857 bits per heavy atom. The summed E-state index contributed by atoms with van der Waals surface area (Å²) in [4.78, 5) is 0. The van der Waals surface area contributed by atoms with Gasteiger partial charge in [-0.25, -0.2) is 0 Å². The van der Waals surface area contributed by atoms with Gasteiger partial charge in [-0.2, -0.15) is 16.8 Å². The lowest BCUT2D eigenvalue weighted by Gasteiger charge is -2.20. The lowest BCUT2D eigenvalue weighted by molar-refractivity contribution is -0.0826. The first kappa shape index (κ1) is 55.6. The Labute approximate surface area is 344 Å². The normalized spacial score (nSPS) is 13.4. The van der Waals surface area contributed by atoms with Crippen LogP contribution in [0.25, 0.3) is 0 Å². The molecule has 0 saturated carbocycles. The summed E-state index contributed by atoms with van der Waals surface area (Å²) in [6.07, 6.45) is 30.1. The molecule has 2 atom stereocenters. The Kier molecular flexibility index (Phi) is 41.0. The first-order valence-electron chi connectivity index (χ1n) is 22.5. The SMILES string of the molecule is CCCCCCCCCCCCCCOCC(COCCOCC(COCCCCCCCCCCCCCC)OCCCS(=O)(=O)O)OCCCS(=O)(=O)O. The predicted octanol–water partition coefficient (Wildman–Crippen LogP) is 9.78. The molecule has 0 aromatic rings. The minimum atomic E-state index is -4.05. The summed E-state index contributed by atoms with van der Waals surface area (Å²) in [7, 11) is -8.10. The molecule has 2 N–H and O–H groups in total. The predicted molar refractivity (Wildman–Crippen MR) is 227 cm³/mol. The van der Waals surface area contributed by atoms with Crippen LogP contribution in [0.5, 0.6) is 0 Å². The molecule has 0 amide bonds. The summed E-state index contributed by atoms with van der Waals surface area (Å²) in [5.74, 6) is -0.730. The van der Waals surface area contributed by atoms with Crippen LogP contribution in [0.2, 0.25) is 0 Å². The molecule has 0 heterocycles. The van der Waals surface area contributed by atoms with Gasteiger partial charge in [0.25, 0.3) is 20.2 Å². The van der Waals surface area contributed by atoms with E-state index in [-0.39, 0.29) is 63.0 Å². The van der Waals surface area contributed by atoms with Gasteiger partial charge in [0.05, 0.1) is 51.1 Å². The quantitative estimate of drug-likeness (QED) is 0.0441. The van der Waals surface area contributed by atoms with Crippen molar-refractivity contribution >= 4 is 20.2 Å². The van der Waals surface area contributed by atoms with Gasteiger partial charge in [0.2, 0.25) is 0 Å². The zero-order valence-corrected chi connectivity index (χ0v) is 37.5. The zero-order chi connectivity index (χ0) is 41.3. The molecule has 338 valence electrons. The second kappa shape index (κ2) is 41.3. The van der Waals surface area contributed by atoms with Gasteiger partial charge < -0.3 is 28.4 Å². The van der Waals surface area contributed by atoms with Crippen molar-refractivity contribution in [3.8, 4) is 0 Å². The van der Waals surface area contributed by atoms with Crippen LogP contribution in [0, 0.1) is 0 Å². The molecule has 0 fully saturated rings. The van der Waals surface area contributed by atoms with Crippen LogP contribution in [-0.4, -0.2) is 116 Å². The molecule has 0 aliphatic rings. The molecular formula is C42H86O12S2. The largest absolute Gasteiger partial charge is 0.379 e. The van der Waals surface area contributed by atoms with Gasteiger partial charge in [-0.15, -0.1) is 0 Å². The van der Waals surface area contributed by atoms with Crippen LogP contribution in [0.3, 0.4) is 0 Å². The lowest BCUT2D eigenvalue weighted by atomic mass is 10.1. The minimum Gasteiger partial charge on any atom is -0.379 e. The highest BCUT2D eigenvalue weighted by molar-refractivity contribution is 7.86. The first-order valence-corrected chi connectivity index (χ1v) is 25.7. The van der Waals surface area contributed by atoms with Crippen LogP contribution >= 0.6 is 0 Å². The molecule has 0 saturated heterocycles. The Hall–Kier alpha value is -0.420. The van der Waals surface area contributed by atoms with Crippen LogP contribution < -0.4 is 0 Å². The Balaban J connectivity index is 4.35. The highest BCUT2D eigenvalue weighted by atomic mass is 32.2. The smallest absolute Gasteiger partial charge is 0.264 e. The van der Waals surface area contributed by atoms with Gasteiger partial charge in [-0.1, -0.05) is 155 Å². The van der Waals surface area contributed by atoms with Crippen molar-refractivity contribution in [3.05, 3.63) is 0 Å². The molecule has 14 heteroatoms. The van der Waals surface area contributed by atoms with Gasteiger partial charge in [0, 0.05) is 26.4 Å². The fourth-order valence-electron chi connectivity index (χ4n) is 6.34. The van der Waals surface area contributed by atoms with E-state index in [0.717, 1.165) is 25.7 Å². The maximum atomic E-state index is 11.1. The number of unbranched alkanes of at least 4 members (excludes halogenated alkanes) is 22. The number of rotatable bonds is 47. The monoisotopic (exact) mass is 847 g/mol. The third-order valence-corrected chi connectivity index (χ3v) is 11.3. The Morgan fingerprint density at radius 1 is 0.339 bits per heavy atom. The van der Waals surface area contributed by atoms with E-state index in [9.17, 15) is 16.8 Å². The van der Waals surface area contributed by atoms with Gasteiger partial charge in [-0.05, 0) is 25.7 Å². The Bertz CT molecular complexity index is 933. The van der Waals surface area contributed by atoms with E-state index in [1.54, 1.807) is 0 Å². The molecule has 0 spiro atoms. The average molecular weight is 847 g/mol. The summed E-state index contributed by atoms with van der Waals surface area (Å²) in [5, 5.41) is 0. The third kappa shape index (κ3) is 46.3. The van der Waals surface area contributed by atoms with Crippen molar-refractivity contribution in [1.29, 1.82) is 0 Å². The molecule has 0 aromatic heterocycles. The Morgan fingerprint density at radius 2 is 0.589 bits per heavy atom. The standard InChI is InChI=1S/C42H86O12S2/c1-3-5-7-9-11-13-15-17-19-21-23-25-29-49-37-41(53-31-27-35-55(43,44)45)39-51-33-34-52-40-42(54-32-28-36-56(46,47)48)38-50-30-26-24-22-20-18-16-14-12-10-8-6-4-2/h41-42H,3-40H2,1-2H3,(H,43,44,45)(H,46,47,48). The van der Waals surface area contributed by atoms with Gasteiger partial charge >= 0.3 is 0 Å². The van der Waals surface area contributed by atoms with Gasteiger partial charge in [-0.3, -0.25) is 9.11 Å². The topological polar surface area (TPSA) is 164 Å². The molecule has 12 nitrogen and oxygen atoms in total. The van der Waals surface area contributed by atoms with Crippen molar-refractivity contribution in [2.45, 2.75) is 193 Å². The molecule has 0 bridgehead atoms. The molecule has 0 rings (SSSR count). The van der Waals surface area contributed by atoms with E-state index in [1.807, 2.05) is 0 Å². The number of hydrogen-bond donors (Lipinski definition) is 2. The third-order valence-electron chi connectivity index (χ3n) is 9.67. The molecular weight excluding hydrogens is 761 g/mol. The van der Waals surface area contributed by atoms with E-state index in [4.69, 9.17) is 37.5 Å². The maximum Gasteiger partial charge on any atom is 0.264 e. The van der Waals surface area contributed by atoms with Crippen molar-refractivity contribution in [3.63, 3.8) is 0 Å². The molecule has 0 aliphatic heterocycles. The van der Waals surface area contributed by atoms with Gasteiger partial charge in [0.1, 0.15) is 12.2 Å². The molecule has 56 heavy (non-hydrogen) atoms. The first-order chi connectivity index (χ1) is 27.1. The zero-order valence-electron chi connectivity index (χ0n) is 35.8. The summed E-state index contributed by atoms with van der Waals surface area (Å²) < 4.78 is 97.4. The van der Waals surface area contributed by atoms with Crippen LogP contribution in [0.1, 0.15) is 181 Å². The summed E-state index contributed by atoms with van der Waals surface area (Å²) >= 11 is 0. The highest BCUT2D eigenvalue weighted by Crippen LogP contribution is 2.14. The highest BCUT2D eigenvalue weighted by Gasteiger charge is 2.14. The molecule has 0 radical (unpaired) electrons. The van der Waals surface area contributed by atoms with E-state index < -0.39 is 20.2 Å². The molecule has 0 aromatic carbocycles. The summed E-state index contributed by atoms with van der Waals surface area (Å²) in [6, 6.07) is 0.